The second-order valence-corrected chi connectivity index (χ2v) is 3.83. The number of nitrogen functional groups attached to an aromatic ring is 1. The molecule has 12 heavy (non-hydrogen) atoms. The van der Waals surface area contributed by atoms with Gasteiger partial charge in [0.05, 0.1) is 11.4 Å². The van der Waals surface area contributed by atoms with Gasteiger partial charge in [-0.2, -0.15) is 4.37 Å². The van der Waals surface area contributed by atoms with Gasteiger partial charge in [-0.3, -0.25) is 0 Å². The first-order valence-corrected chi connectivity index (χ1v) is 5.12. The lowest BCUT2D eigenvalue weighted by Crippen LogP contribution is -2.28. The minimum absolute atomic E-state index is 0.546. The molecule has 3 N–H and O–H groups in total. The summed E-state index contributed by atoms with van der Waals surface area (Å²) in [5.74, 6) is 0.546. The molecule has 1 unspecified atom stereocenters. The van der Waals surface area contributed by atoms with Crippen LogP contribution in [0.4, 0.5) is 5.69 Å². The molecule has 0 radical (unpaired) electrons. The molecule has 2 rings (SSSR count). The topological polar surface area (TPSA) is 50.9 Å². The zero-order valence-electron chi connectivity index (χ0n) is 6.92. The SMILES string of the molecule is Nc1csnc1C1CCCNC1. The molecule has 0 spiro atoms. The number of piperidine rings is 1. The van der Waals surface area contributed by atoms with Crippen molar-refractivity contribution >= 4 is 17.2 Å². The lowest BCUT2D eigenvalue weighted by atomic mass is 9.96. The fraction of sp³-hybridized carbons (Fsp3) is 0.625. The molecular weight excluding hydrogens is 170 g/mol. The number of nitrogens with two attached hydrogens (primary N) is 1. The van der Waals surface area contributed by atoms with Crippen molar-refractivity contribution in [2.24, 2.45) is 0 Å². The minimum atomic E-state index is 0.546. The van der Waals surface area contributed by atoms with Crippen LogP contribution in [0.3, 0.4) is 0 Å². The molecule has 0 aromatic carbocycles. The maximum Gasteiger partial charge on any atom is 0.0814 e. The van der Waals surface area contributed by atoms with Gasteiger partial charge in [0.15, 0.2) is 0 Å². The lowest BCUT2D eigenvalue weighted by molar-refractivity contribution is 0.457. The number of hydrogen-bond donors (Lipinski definition) is 2. The van der Waals surface area contributed by atoms with E-state index in [0.29, 0.717) is 5.92 Å². The van der Waals surface area contributed by atoms with Gasteiger partial charge in [-0.25, -0.2) is 0 Å². The van der Waals surface area contributed by atoms with E-state index in [2.05, 4.69) is 9.69 Å². The van der Waals surface area contributed by atoms with Crippen LogP contribution in [0, 0.1) is 0 Å². The Hall–Kier alpha value is -0.610. The van der Waals surface area contributed by atoms with Crippen molar-refractivity contribution in [2.45, 2.75) is 18.8 Å². The van der Waals surface area contributed by atoms with Crippen molar-refractivity contribution in [1.82, 2.24) is 9.69 Å². The van der Waals surface area contributed by atoms with Gasteiger partial charge < -0.3 is 11.1 Å². The van der Waals surface area contributed by atoms with E-state index in [1.165, 1.54) is 24.4 Å². The lowest BCUT2D eigenvalue weighted by Gasteiger charge is -2.21. The molecule has 4 heteroatoms. The Kier molecular flexibility index (Phi) is 2.28. The molecule has 0 aliphatic carbocycles. The molecule has 1 aromatic heterocycles. The van der Waals surface area contributed by atoms with E-state index in [-0.39, 0.29) is 0 Å². The summed E-state index contributed by atoms with van der Waals surface area (Å²) in [4.78, 5) is 0. The smallest absolute Gasteiger partial charge is 0.0814 e. The summed E-state index contributed by atoms with van der Waals surface area (Å²) in [6.45, 7) is 2.18. The third kappa shape index (κ3) is 1.44. The van der Waals surface area contributed by atoms with Crippen LogP contribution in [0.2, 0.25) is 0 Å². The van der Waals surface area contributed by atoms with Crippen molar-refractivity contribution in [3.8, 4) is 0 Å². The normalized spacial score (nSPS) is 24.2. The number of nitrogens with one attached hydrogen (secondary N) is 1. The van der Waals surface area contributed by atoms with Crippen LogP contribution in [-0.4, -0.2) is 17.5 Å². The highest BCUT2D eigenvalue weighted by molar-refractivity contribution is 7.04. The largest absolute Gasteiger partial charge is 0.397 e. The summed E-state index contributed by atoms with van der Waals surface area (Å²) in [5, 5.41) is 5.28. The van der Waals surface area contributed by atoms with Crippen molar-refractivity contribution in [1.29, 1.82) is 0 Å². The molecule has 0 bridgehead atoms. The highest BCUT2D eigenvalue weighted by Crippen LogP contribution is 2.27. The zero-order valence-corrected chi connectivity index (χ0v) is 7.73. The monoisotopic (exact) mass is 183 g/mol. The quantitative estimate of drug-likeness (QED) is 0.687. The summed E-state index contributed by atoms with van der Waals surface area (Å²) in [6, 6.07) is 0. The molecule has 1 saturated heterocycles. The van der Waals surface area contributed by atoms with E-state index in [9.17, 15) is 0 Å². The van der Waals surface area contributed by atoms with Crippen LogP contribution < -0.4 is 11.1 Å². The van der Waals surface area contributed by atoms with Gasteiger partial charge in [0.2, 0.25) is 0 Å². The van der Waals surface area contributed by atoms with Crippen molar-refractivity contribution in [3.63, 3.8) is 0 Å². The summed E-state index contributed by atoms with van der Waals surface area (Å²) >= 11 is 1.46. The fourth-order valence-corrected chi connectivity index (χ4v) is 2.30. The fourth-order valence-electron chi connectivity index (χ4n) is 1.65. The third-order valence-electron chi connectivity index (χ3n) is 2.31. The van der Waals surface area contributed by atoms with Crippen LogP contribution in [0.5, 0.6) is 0 Å². The Labute approximate surface area is 76.1 Å². The molecule has 66 valence electrons. The first-order chi connectivity index (χ1) is 5.88. The van der Waals surface area contributed by atoms with E-state index in [4.69, 9.17) is 5.73 Å². The van der Waals surface area contributed by atoms with E-state index >= 15 is 0 Å². The molecule has 1 atom stereocenters. The van der Waals surface area contributed by atoms with Crippen molar-refractivity contribution in [3.05, 3.63) is 11.1 Å². The molecule has 0 saturated carbocycles. The van der Waals surface area contributed by atoms with Crippen molar-refractivity contribution < 1.29 is 0 Å². The van der Waals surface area contributed by atoms with E-state index in [1.807, 2.05) is 5.38 Å². The Morgan fingerprint density at radius 1 is 1.67 bits per heavy atom. The molecule has 0 amide bonds. The molecule has 1 aliphatic rings. The predicted molar refractivity (Wildman–Crippen MR) is 51.4 cm³/mol. The summed E-state index contributed by atoms with van der Waals surface area (Å²) < 4.78 is 4.32. The van der Waals surface area contributed by atoms with Crippen LogP contribution in [-0.2, 0) is 0 Å². The molecule has 3 nitrogen and oxygen atoms in total. The summed E-state index contributed by atoms with van der Waals surface area (Å²) in [6.07, 6.45) is 2.46. The average Bonchev–Trinajstić information content (AvgIpc) is 2.53. The molecular formula is C8H13N3S. The van der Waals surface area contributed by atoms with Gasteiger partial charge in [-0.15, -0.1) is 0 Å². The molecule has 2 heterocycles. The van der Waals surface area contributed by atoms with E-state index < -0.39 is 0 Å². The van der Waals surface area contributed by atoms with E-state index in [1.54, 1.807) is 0 Å². The number of hydrogen-bond acceptors (Lipinski definition) is 4. The average molecular weight is 183 g/mol. The van der Waals surface area contributed by atoms with Gasteiger partial charge in [-0.05, 0) is 30.9 Å². The van der Waals surface area contributed by atoms with Crippen LogP contribution >= 0.6 is 11.5 Å². The Morgan fingerprint density at radius 2 is 2.58 bits per heavy atom. The molecule has 1 aliphatic heterocycles. The van der Waals surface area contributed by atoms with Crippen LogP contribution in [0.15, 0.2) is 5.38 Å². The Bertz CT molecular complexity index is 253. The van der Waals surface area contributed by atoms with Crippen molar-refractivity contribution in [2.75, 3.05) is 18.8 Å². The maximum absolute atomic E-state index is 5.79. The first-order valence-electron chi connectivity index (χ1n) is 4.28. The standard InChI is InChI=1S/C8H13N3S/c9-7-5-12-11-8(7)6-2-1-3-10-4-6/h5-6,10H,1-4,9H2. The second-order valence-electron chi connectivity index (χ2n) is 3.20. The first kappa shape index (κ1) is 8.01. The highest BCUT2D eigenvalue weighted by atomic mass is 32.1. The number of anilines is 1. The second kappa shape index (κ2) is 3.41. The maximum atomic E-state index is 5.79. The number of rotatable bonds is 1. The number of aromatic nitrogens is 1. The number of nitrogens with zero attached hydrogens (tertiary/aromatic N) is 1. The van der Waals surface area contributed by atoms with Gasteiger partial charge in [0, 0.05) is 17.8 Å². The highest BCUT2D eigenvalue weighted by Gasteiger charge is 2.19. The van der Waals surface area contributed by atoms with Gasteiger partial charge >= 0.3 is 0 Å². The minimum Gasteiger partial charge on any atom is -0.397 e. The van der Waals surface area contributed by atoms with Crippen LogP contribution in [0.1, 0.15) is 24.5 Å². The van der Waals surface area contributed by atoms with Gasteiger partial charge in [0.25, 0.3) is 0 Å². The van der Waals surface area contributed by atoms with Gasteiger partial charge in [0.1, 0.15) is 0 Å². The third-order valence-corrected chi connectivity index (χ3v) is 2.97. The van der Waals surface area contributed by atoms with E-state index in [0.717, 1.165) is 24.5 Å². The summed E-state index contributed by atoms with van der Waals surface area (Å²) in [7, 11) is 0. The molecule has 1 fully saturated rings. The summed E-state index contributed by atoms with van der Waals surface area (Å²) in [5.41, 5.74) is 7.76. The van der Waals surface area contributed by atoms with Gasteiger partial charge in [-0.1, -0.05) is 0 Å². The molecule has 1 aromatic rings. The predicted octanol–water partition coefficient (Wildman–Crippen LogP) is 1.19. The Morgan fingerprint density at radius 3 is 3.17 bits per heavy atom. The van der Waals surface area contributed by atoms with Crippen LogP contribution in [0.25, 0.3) is 0 Å². The Balaban J connectivity index is 2.13. The zero-order chi connectivity index (χ0) is 8.39.